The molecule has 0 spiro atoms. The molecule has 1 heterocycles. The van der Waals surface area contributed by atoms with Crippen LogP contribution in [0.1, 0.15) is 18.9 Å². The normalized spacial score (nSPS) is 10.9. The number of carbonyl (C=O) groups is 2. The molecule has 1 aromatic carbocycles. The Morgan fingerprint density at radius 2 is 2.05 bits per heavy atom. The Labute approximate surface area is 132 Å². The smallest absolute Gasteiger partial charge is 0.332 e. The van der Waals surface area contributed by atoms with Crippen LogP contribution in [0.4, 0.5) is 0 Å². The van der Waals surface area contributed by atoms with Crippen molar-refractivity contribution >= 4 is 33.4 Å². The number of para-hydroxylation sites is 1. The molecule has 0 aliphatic carbocycles. The van der Waals surface area contributed by atoms with Crippen molar-refractivity contribution in [3.8, 4) is 0 Å². The Morgan fingerprint density at radius 3 is 2.77 bits per heavy atom. The minimum Gasteiger partial charge on any atom is -0.454 e. The van der Waals surface area contributed by atoms with Gasteiger partial charge in [0.1, 0.15) is 11.6 Å². The zero-order chi connectivity index (χ0) is 15.9. The predicted octanol–water partition coefficient (Wildman–Crippen LogP) is 1.88. The van der Waals surface area contributed by atoms with Crippen molar-refractivity contribution in [2.75, 3.05) is 13.2 Å². The average Bonchev–Trinajstić information content (AvgIpc) is 2.87. The van der Waals surface area contributed by atoms with Gasteiger partial charge in [-0.2, -0.15) is 0 Å². The number of nitrogens with zero attached hydrogens (tertiary/aromatic N) is 1. The summed E-state index contributed by atoms with van der Waals surface area (Å²) in [6.07, 6.45) is 0. The van der Waals surface area contributed by atoms with Crippen molar-refractivity contribution in [1.29, 1.82) is 0 Å². The van der Waals surface area contributed by atoms with Crippen LogP contribution >= 0.6 is 11.3 Å². The molecule has 0 bridgehead atoms. The van der Waals surface area contributed by atoms with E-state index in [2.05, 4.69) is 10.3 Å². The molecular formula is C15H18N2O4S. The molecule has 0 radical (unpaired) electrons. The van der Waals surface area contributed by atoms with Crippen molar-refractivity contribution in [3.63, 3.8) is 0 Å². The molecule has 0 atom stereocenters. The fourth-order valence-electron chi connectivity index (χ4n) is 1.75. The summed E-state index contributed by atoms with van der Waals surface area (Å²) >= 11 is 1.52. The van der Waals surface area contributed by atoms with Gasteiger partial charge in [-0.3, -0.25) is 4.79 Å². The molecule has 1 aromatic heterocycles. The third kappa shape index (κ3) is 5.09. The van der Waals surface area contributed by atoms with E-state index in [9.17, 15) is 9.59 Å². The van der Waals surface area contributed by atoms with Crippen molar-refractivity contribution in [3.05, 3.63) is 29.3 Å². The maximum atomic E-state index is 11.5. The second-order valence-corrected chi connectivity index (χ2v) is 6.07. The highest BCUT2D eigenvalue weighted by molar-refractivity contribution is 7.18. The van der Waals surface area contributed by atoms with Crippen LogP contribution in [-0.2, 0) is 25.7 Å². The van der Waals surface area contributed by atoms with Crippen molar-refractivity contribution in [2.45, 2.75) is 26.5 Å². The maximum Gasteiger partial charge on any atom is 0.332 e. The van der Waals surface area contributed by atoms with E-state index in [1.54, 1.807) is 0 Å². The largest absolute Gasteiger partial charge is 0.454 e. The van der Waals surface area contributed by atoms with E-state index in [-0.39, 0.29) is 31.8 Å². The van der Waals surface area contributed by atoms with Crippen LogP contribution in [0, 0.1) is 0 Å². The summed E-state index contributed by atoms with van der Waals surface area (Å²) < 4.78 is 11.2. The second kappa shape index (κ2) is 7.86. The molecule has 2 rings (SSSR count). The molecule has 0 saturated carbocycles. The predicted molar refractivity (Wildman–Crippen MR) is 83.5 cm³/mol. The molecule has 2 aromatic rings. The van der Waals surface area contributed by atoms with E-state index < -0.39 is 5.97 Å². The lowest BCUT2D eigenvalue weighted by Crippen LogP contribution is -2.34. The lowest BCUT2D eigenvalue weighted by molar-refractivity contribution is -0.153. The summed E-state index contributed by atoms with van der Waals surface area (Å²) in [5.74, 6) is -0.894. The van der Waals surface area contributed by atoms with E-state index >= 15 is 0 Å². The van der Waals surface area contributed by atoms with Gasteiger partial charge in [0.25, 0.3) is 5.91 Å². The number of ether oxygens (including phenoxy) is 2. The van der Waals surface area contributed by atoms with Gasteiger partial charge in [0.15, 0.2) is 6.61 Å². The zero-order valence-corrected chi connectivity index (χ0v) is 13.3. The molecule has 1 amide bonds. The van der Waals surface area contributed by atoms with Crippen LogP contribution in [0.5, 0.6) is 0 Å². The van der Waals surface area contributed by atoms with E-state index in [1.807, 2.05) is 38.1 Å². The van der Waals surface area contributed by atoms with Gasteiger partial charge in [0, 0.05) is 6.04 Å². The van der Waals surface area contributed by atoms with Crippen molar-refractivity contribution in [1.82, 2.24) is 10.3 Å². The van der Waals surface area contributed by atoms with Crippen LogP contribution in [0.2, 0.25) is 0 Å². The Balaban J connectivity index is 1.69. The highest BCUT2D eigenvalue weighted by atomic mass is 32.1. The molecule has 118 valence electrons. The van der Waals surface area contributed by atoms with Gasteiger partial charge in [0.05, 0.1) is 16.8 Å². The number of thiazole rings is 1. The third-order valence-electron chi connectivity index (χ3n) is 2.60. The van der Waals surface area contributed by atoms with Gasteiger partial charge in [0.2, 0.25) is 0 Å². The third-order valence-corrected chi connectivity index (χ3v) is 3.61. The first-order chi connectivity index (χ1) is 10.5. The number of rotatable bonds is 7. The molecule has 0 unspecified atom stereocenters. The number of fused-ring (bicyclic) bond motifs is 1. The number of nitrogens with one attached hydrogen (secondary N) is 1. The summed E-state index contributed by atoms with van der Waals surface area (Å²) in [4.78, 5) is 27.2. The maximum absolute atomic E-state index is 11.5. The summed E-state index contributed by atoms with van der Waals surface area (Å²) in [5.41, 5.74) is 0.916. The Hall–Kier alpha value is -1.99. The van der Waals surface area contributed by atoms with E-state index in [0.29, 0.717) is 0 Å². The molecule has 0 saturated heterocycles. The number of esters is 1. The van der Waals surface area contributed by atoms with Gasteiger partial charge in [-0.15, -0.1) is 11.3 Å². The quantitative estimate of drug-likeness (QED) is 0.788. The minimum atomic E-state index is -0.569. The van der Waals surface area contributed by atoms with Crippen LogP contribution in [0.3, 0.4) is 0 Å². The first kappa shape index (κ1) is 16.4. The number of aromatic nitrogens is 1. The molecule has 22 heavy (non-hydrogen) atoms. The molecule has 0 fully saturated rings. The Morgan fingerprint density at radius 1 is 1.27 bits per heavy atom. The SMILES string of the molecule is CC(C)NC(=O)COC(=O)COCc1nc2ccccc2s1. The zero-order valence-electron chi connectivity index (χ0n) is 12.5. The second-order valence-electron chi connectivity index (χ2n) is 4.95. The van der Waals surface area contributed by atoms with Crippen LogP contribution in [0.25, 0.3) is 10.2 Å². The summed E-state index contributed by atoms with van der Waals surface area (Å²) in [5, 5.41) is 3.43. The highest BCUT2D eigenvalue weighted by Gasteiger charge is 2.09. The standard InChI is InChI=1S/C15H18N2O4S/c1-10(2)16-13(18)7-21-15(19)9-20-8-14-17-11-5-3-4-6-12(11)22-14/h3-6,10H,7-9H2,1-2H3,(H,16,18). The first-order valence-electron chi connectivity index (χ1n) is 6.92. The number of amides is 1. The Bertz CT molecular complexity index is 621. The van der Waals surface area contributed by atoms with Crippen molar-refractivity contribution < 1.29 is 19.1 Å². The number of carbonyl (C=O) groups excluding carboxylic acids is 2. The highest BCUT2D eigenvalue weighted by Crippen LogP contribution is 2.21. The summed E-state index contributed by atoms with van der Waals surface area (Å²) in [7, 11) is 0. The monoisotopic (exact) mass is 322 g/mol. The molecular weight excluding hydrogens is 304 g/mol. The number of benzene rings is 1. The average molecular weight is 322 g/mol. The molecule has 1 N–H and O–H groups in total. The summed E-state index contributed by atoms with van der Waals surface area (Å²) in [6, 6.07) is 7.80. The fraction of sp³-hybridized carbons (Fsp3) is 0.400. The lowest BCUT2D eigenvalue weighted by atomic mass is 10.3. The molecule has 6 nitrogen and oxygen atoms in total. The van der Waals surface area contributed by atoms with Crippen LogP contribution in [-0.4, -0.2) is 36.1 Å². The van der Waals surface area contributed by atoms with Gasteiger partial charge in [-0.1, -0.05) is 12.1 Å². The van der Waals surface area contributed by atoms with E-state index in [1.165, 1.54) is 11.3 Å². The summed E-state index contributed by atoms with van der Waals surface area (Å²) in [6.45, 7) is 3.42. The van der Waals surface area contributed by atoms with Crippen LogP contribution in [0.15, 0.2) is 24.3 Å². The van der Waals surface area contributed by atoms with Gasteiger partial charge in [-0.05, 0) is 26.0 Å². The van der Waals surface area contributed by atoms with Crippen molar-refractivity contribution in [2.24, 2.45) is 0 Å². The fourth-order valence-corrected chi connectivity index (χ4v) is 2.66. The molecule has 7 heteroatoms. The van der Waals surface area contributed by atoms with Gasteiger partial charge >= 0.3 is 5.97 Å². The number of hydrogen-bond donors (Lipinski definition) is 1. The van der Waals surface area contributed by atoms with E-state index in [0.717, 1.165) is 15.2 Å². The topological polar surface area (TPSA) is 77.5 Å². The number of hydrogen-bond acceptors (Lipinski definition) is 6. The Kier molecular flexibility index (Phi) is 5.85. The molecule has 0 aliphatic rings. The first-order valence-corrected chi connectivity index (χ1v) is 7.73. The lowest BCUT2D eigenvalue weighted by Gasteiger charge is -2.08. The minimum absolute atomic E-state index is 0.0153. The molecule has 0 aliphatic heterocycles. The van der Waals surface area contributed by atoms with E-state index in [4.69, 9.17) is 9.47 Å². The van der Waals surface area contributed by atoms with Gasteiger partial charge in [-0.25, -0.2) is 9.78 Å². The van der Waals surface area contributed by atoms with Gasteiger partial charge < -0.3 is 14.8 Å². The van der Waals surface area contributed by atoms with Crippen LogP contribution < -0.4 is 5.32 Å².